The monoisotopic (exact) mass is 279 g/mol. The Morgan fingerprint density at radius 1 is 1.80 bits per heavy atom. The summed E-state index contributed by atoms with van der Waals surface area (Å²) < 4.78 is 18.5. The smallest absolute Gasteiger partial charge is 0.124 e. The van der Waals surface area contributed by atoms with Crippen molar-refractivity contribution in [3.8, 4) is 0 Å². The van der Waals surface area contributed by atoms with Crippen LogP contribution in [0, 0.1) is 0 Å². The quantitative estimate of drug-likeness (QED) is 0.762. The van der Waals surface area contributed by atoms with Crippen molar-refractivity contribution in [3.63, 3.8) is 0 Å². The van der Waals surface area contributed by atoms with E-state index in [9.17, 15) is 9.50 Å². The third-order valence-electron chi connectivity index (χ3n) is 2.35. The molecule has 1 aliphatic rings. The Balaban J connectivity index is 2.96. The van der Waals surface area contributed by atoms with E-state index in [1.807, 2.05) is 0 Å². The summed E-state index contributed by atoms with van der Waals surface area (Å²) in [6.45, 7) is -0.274. The van der Waals surface area contributed by atoms with E-state index in [1.165, 1.54) is 13.2 Å². The molecule has 0 saturated heterocycles. The van der Waals surface area contributed by atoms with Gasteiger partial charge < -0.3 is 15.6 Å². The average Bonchev–Trinajstić information content (AvgIpc) is 2.22. The first-order valence-corrected chi connectivity index (χ1v) is 5.56. The van der Waals surface area contributed by atoms with Gasteiger partial charge in [0.1, 0.15) is 5.83 Å². The molecule has 0 amide bonds. The molecule has 15 heavy (non-hydrogen) atoms. The number of hydrogen-bond acceptors (Lipinski definition) is 3. The summed E-state index contributed by atoms with van der Waals surface area (Å²) in [4.78, 5) is 0.0540. The Morgan fingerprint density at radius 3 is 3.00 bits per heavy atom. The standard InChI is InChI=1S/C10H15BrFNO2/c1-15-6-10(13,5-14)8-4-7(11)2-3-9(8)12/h3-4,7,14H,2,5-6,13H2,1H3/t7-,10+/m0/s1. The van der Waals surface area contributed by atoms with Crippen molar-refractivity contribution in [1.29, 1.82) is 0 Å². The SMILES string of the molecule is COC[C@](N)(CO)C1=C[C@@H](Br)CC=C1F. The lowest BCUT2D eigenvalue weighted by atomic mass is 9.87. The number of aliphatic hydroxyl groups excluding tert-OH is 1. The third kappa shape index (κ3) is 2.87. The second kappa shape index (κ2) is 5.21. The first-order chi connectivity index (χ1) is 7.03. The minimum absolute atomic E-state index is 0.0540. The molecular formula is C10H15BrFNO2. The fourth-order valence-corrected chi connectivity index (χ4v) is 1.98. The normalized spacial score (nSPS) is 25.5. The van der Waals surface area contributed by atoms with Crippen molar-refractivity contribution >= 4 is 15.9 Å². The van der Waals surface area contributed by atoms with Gasteiger partial charge in [0.2, 0.25) is 0 Å². The zero-order valence-electron chi connectivity index (χ0n) is 8.54. The molecule has 1 aliphatic carbocycles. The van der Waals surface area contributed by atoms with Gasteiger partial charge in [0.15, 0.2) is 0 Å². The number of allylic oxidation sites excluding steroid dienone is 2. The summed E-state index contributed by atoms with van der Waals surface area (Å²) in [6.07, 6.45) is 3.73. The van der Waals surface area contributed by atoms with E-state index in [4.69, 9.17) is 10.5 Å². The van der Waals surface area contributed by atoms with Gasteiger partial charge in [-0.05, 0) is 12.5 Å². The maximum atomic E-state index is 13.6. The Labute approximate surface area is 96.9 Å². The van der Waals surface area contributed by atoms with E-state index < -0.39 is 5.54 Å². The maximum absolute atomic E-state index is 13.6. The van der Waals surface area contributed by atoms with Crippen molar-refractivity contribution in [2.75, 3.05) is 20.3 Å². The van der Waals surface area contributed by atoms with Crippen LogP contribution in [0.25, 0.3) is 0 Å². The Morgan fingerprint density at radius 2 is 2.47 bits per heavy atom. The minimum atomic E-state index is -1.16. The van der Waals surface area contributed by atoms with E-state index in [-0.39, 0.29) is 23.9 Å². The molecule has 0 aromatic rings. The Hall–Kier alpha value is -0.230. The highest BCUT2D eigenvalue weighted by Gasteiger charge is 2.33. The van der Waals surface area contributed by atoms with Crippen molar-refractivity contribution in [3.05, 3.63) is 23.6 Å². The van der Waals surface area contributed by atoms with E-state index in [2.05, 4.69) is 15.9 Å². The lowest BCUT2D eigenvalue weighted by molar-refractivity contribution is 0.105. The number of rotatable bonds is 4. The molecule has 0 bridgehead atoms. The molecule has 3 N–H and O–H groups in total. The van der Waals surface area contributed by atoms with E-state index in [0.717, 1.165) is 0 Å². The molecule has 3 nitrogen and oxygen atoms in total. The third-order valence-corrected chi connectivity index (χ3v) is 2.99. The predicted octanol–water partition coefficient (Wildman–Crippen LogP) is 1.27. The first kappa shape index (κ1) is 12.8. The van der Waals surface area contributed by atoms with Crippen molar-refractivity contribution in [2.45, 2.75) is 16.8 Å². The lowest BCUT2D eigenvalue weighted by Crippen LogP contribution is -2.50. The second-order valence-electron chi connectivity index (χ2n) is 3.63. The van der Waals surface area contributed by atoms with Gasteiger partial charge in [0.05, 0.1) is 18.8 Å². The van der Waals surface area contributed by atoms with Crippen LogP contribution >= 0.6 is 15.9 Å². The van der Waals surface area contributed by atoms with Gasteiger partial charge in [0, 0.05) is 17.5 Å². The van der Waals surface area contributed by atoms with E-state index in [1.54, 1.807) is 6.08 Å². The fourth-order valence-electron chi connectivity index (χ4n) is 1.52. The highest BCUT2D eigenvalue weighted by molar-refractivity contribution is 9.09. The van der Waals surface area contributed by atoms with Gasteiger partial charge in [-0.2, -0.15) is 0 Å². The number of aliphatic hydroxyl groups is 1. The Kier molecular flexibility index (Phi) is 4.45. The van der Waals surface area contributed by atoms with Gasteiger partial charge in [-0.15, -0.1) is 0 Å². The predicted molar refractivity (Wildman–Crippen MR) is 60.5 cm³/mol. The number of alkyl halides is 1. The first-order valence-electron chi connectivity index (χ1n) is 4.64. The van der Waals surface area contributed by atoms with Gasteiger partial charge in [-0.25, -0.2) is 4.39 Å². The highest BCUT2D eigenvalue weighted by Crippen LogP contribution is 2.30. The lowest BCUT2D eigenvalue weighted by Gasteiger charge is -2.30. The molecule has 5 heteroatoms. The average molecular weight is 280 g/mol. The number of halogens is 2. The number of hydrogen-bond donors (Lipinski definition) is 2. The molecule has 0 saturated carbocycles. The van der Waals surface area contributed by atoms with E-state index >= 15 is 0 Å². The molecule has 2 atom stereocenters. The number of nitrogens with two attached hydrogens (primary N) is 1. The van der Waals surface area contributed by atoms with Gasteiger partial charge in [0.25, 0.3) is 0 Å². The molecule has 0 radical (unpaired) electrons. The summed E-state index contributed by atoms with van der Waals surface area (Å²) in [6, 6.07) is 0. The second-order valence-corrected chi connectivity index (χ2v) is 4.81. The van der Waals surface area contributed by atoms with E-state index in [0.29, 0.717) is 12.0 Å². The number of methoxy groups -OCH3 is 1. The van der Waals surface area contributed by atoms with Crippen LogP contribution in [-0.4, -0.2) is 35.8 Å². The Bertz CT molecular complexity index is 293. The van der Waals surface area contributed by atoms with Crippen LogP contribution in [0.4, 0.5) is 4.39 Å². The maximum Gasteiger partial charge on any atom is 0.124 e. The van der Waals surface area contributed by atoms with Crippen LogP contribution in [0.15, 0.2) is 23.6 Å². The molecule has 0 fully saturated rings. The molecular weight excluding hydrogens is 265 g/mol. The minimum Gasteiger partial charge on any atom is -0.394 e. The van der Waals surface area contributed by atoms with Gasteiger partial charge in [-0.1, -0.05) is 22.0 Å². The molecule has 1 rings (SSSR count). The highest BCUT2D eigenvalue weighted by atomic mass is 79.9. The van der Waals surface area contributed by atoms with Crippen molar-refractivity contribution < 1.29 is 14.2 Å². The molecule has 0 aromatic heterocycles. The van der Waals surface area contributed by atoms with Gasteiger partial charge in [-0.3, -0.25) is 0 Å². The van der Waals surface area contributed by atoms with Crippen LogP contribution in [0.2, 0.25) is 0 Å². The fraction of sp³-hybridized carbons (Fsp3) is 0.600. The van der Waals surface area contributed by atoms with Crippen LogP contribution in [0.1, 0.15) is 6.42 Å². The van der Waals surface area contributed by atoms with Crippen molar-refractivity contribution in [1.82, 2.24) is 0 Å². The topological polar surface area (TPSA) is 55.5 Å². The van der Waals surface area contributed by atoms with Gasteiger partial charge >= 0.3 is 0 Å². The van der Waals surface area contributed by atoms with Crippen LogP contribution in [-0.2, 0) is 4.74 Å². The summed E-state index contributed by atoms with van der Waals surface area (Å²) in [5, 5.41) is 9.22. The van der Waals surface area contributed by atoms with Crippen molar-refractivity contribution in [2.24, 2.45) is 5.73 Å². The molecule has 86 valence electrons. The number of ether oxygens (including phenoxy) is 1. The van der Waals surface area contributed by atoms with Crippen LogP contribution in [0.3, 0.4) is 0 Å². The zero-order chi connectivity index (χ0) is 11.5. The summed E-state index contributed by atoms with van der Waals surface area (Å²) in [7, 11) is 1.47. The molecule has 0 unspecified atom stereocenters. The summed E-state index contributed by atoms with van der Waals surface area (Å²) in [5.41, 5.74) is 5.03. The van der Waals surface area contributed by atoms with Crippen LogP contribution in [0.5, 0.6) is 0 Å². The summed E-state index contributed by atoms with van der Waals surface area (Å²) in [5.74, 6) is -0.376. The van der Waals surface area contributed by atoms with Crippen LogP contribution < -0.4 is 5.73 Å². The largest absolute Gasteiger partial charge is 0.394 e. The zero-order valence-corrected chi connectivity index (χ0v) is 10.1. The summed E-state index contributed by atoms with van der Waals surface area (Å²) >= 11 is 3.36. The molecule has 0 aliphatic heterocycles. The molecule has 0 aromatic carbocycles. The molecule has 0 heterocycles. The molecule has 0 spiro atoms.